The molecule has 0 radical (unpaired) electrons. The highest BCUT2D eigenvalue weighted by Gasteiger charge is 2.25. The van der Waals surface area contributed by atoms with Crippen molar-refractivity contribution in [2.45, 2.75) is 12.4 Å². The van der Waals surface area contributed by atoms with Crippen molar-refractivity contribution >= 4 is 11.9 Å². The van der Waals surface area contributed by atoms with Crippen molar-refractivity contribution in [1.29, 1.82) is 0 Å². The zero-order valence-corrected chi connectivity index (χ0v) is 7.96. The van der Waals surface area contributed by atoms with Gasteiger partial charge in [-0.2, -0.15) is 0 Å². The molecule has 0 aromatic carbocycles. The molecule has 6 heteroatoms. The van der Waals surface area contributed by atoms with Crippen molar-refractivity contribution in [3.8, 4) is 0 Å². The first-order chi connectivity index (χ1) is 7.04. The van der Waals surface area contributed by atoms with Crippen LogP contribution in [0.4, 0.5) is 0 Å². The maximum atomic E-state index is 10.8. The summed E-state index contributed by atoms with van der Waals surface area (Å²) in [7, 11) is 0. The van der Waals surface area contributed by atoms with E-state index in [1.165, 1.54) is 0 Å². The van der Waals surface area contributed by atoms with E-state index < -0.39 is 30.9 Å². The molecule has 0 aliphatic carbocycles. The molecule has 0 aliphatic heterocycles. The molecule has 84 valence electrons. The van der Waals surface area contributed by atoms with Gasteiger partial charge in [0.25, 0.3) is 6.29 Å². The lowest BCUT2D eigenvalue weighted by Gasteiger charge is -2.20. The van der Waals surface area contributed by atoms with Gasteiger partial charge in [0.15, 0.2) is 6.10 Å². The molecule has 0 fully saturated rings. The number of ether oxygens (including phenoxy) is 2. The van der Waals surface area contributed by atoms with Gasteiger partial charge in [-0.1, -0.05) is 13.2 Å². The molecule has 0 aromatic rings. The van der Waals surface area contributed by atoms with Gasteiger partial charge in [-0.25, -0.2) is 9.59 Å². The number of aliphatic hydroxyl groups is 2. The van der Waals surface area contributed by atoms with Crippen LogP contribution >= 0.6 is 0 Å². The monoisotopic (exact) mass is 216 g/mol. The van der Waals surface area contributed by atoms with Crippen LogP contribution in [0.1, 0.15) is 0 Å². The Morgan fingerprint density at radius 2 is 1.60 bits per heavy atom. The largest absolute Gasteiger partial charge is 0.419 e. The lowest BCUT2D eigenvalue weighted by Crippen LogP contribution is -2.37. The van der Waals surface area contributed by atoms with E-state index in [-0.39, 0.29) is 0 Å². The number of carbonyl (C=O) groups excluding carboxylic acids is 2. The van der Waals surface area contributed by atoms with Crippen molar-refractivity contribution < 1.29 is 29.3 Å². The molecule has 0 aliphatic rings. The summed E-state index contributed by atoms with van der Waals surface area (Å²) < 4.78 is 8.93. The minimum absolute atomic E-state index is 0.723. The van der Waals surface area contributed by atoms with E-state index in [4.69, 9.17) is 10.2 Å². The molecule has 6 nitrogen and oxygen atoms in total. The van der Waals surface area contributed by atoms with E-state index in [0.717, 1.165) is 12.2 Å². The van der Waals surface area contributed by atoms with Crippen molar-refractivity contribution in [3.63, 3.8) is 0 Å². The van der Waals surface area contributed by atoms with Crippen LogP contribution in [0, 0.1) is 0 Å². The fourth-order valence-corrected chi connectivity index (χ4v) is 0.592. The molecule has 2 N–H and O–H groups in total. The zero-order valence-electron chi connectivity index (χ0n) is 7.96. The average Bonchev–Trinajstić information content (AvgIpc) is 2.26. The van der Waals surface area contributed by atoms with Crippen LogP contribution in [0.15, 0.2) is 25.3 Å². The van der Waals surface area contributed by atoms with E-state index in [2.05, 4.69) is 22.6 Å². The molecule has 0 bridgehead atoms. The van der Waals surface area contributed by atoms with Crippen LogP contribution in [0.3, 0.4) is 0 Å². The number of esters is 2. The summed E-state index contributed by atoms with van der Waals surface area (Å²) in [5, 5.41) is 17.7. The number of rotatable bonds is 6. The minimum Gasteiger partial charge on any atom is -0.419 e. The molecule has 0 saturated heterocycles. The van der Waals surface area contributed by atoms with E-state index >= 15 is 0 Å². The highest BCUT2D eigenvalue weighted by atomic mass is 16.7. The molecule has 0 amide bonds. The van der Waals surface area contributed by atoms with Crippen molar-refractivity contribution in [2.24, 2.45) is 0 Å². The van der Waals surface area contributed by atoms with E-state index in [1.807, 2.05) is 0 Å². The van der Waals surface area contributed by atoms with E-state index in [9.17, 15) is 9.59 Å². The van der Waals surface area contributed by atoms with E-state index in [1.54, 1.807) is 0 Å². The number of carbonyl (C=O) groups is 2. The summed E-state index contributed by atoms with van der Waals surface area (Å²) in [5.74, 6) is -1.77. The summed E-state index contributed by atoms with van der Waals surface area (Å²) >= 11 is 0. The van der Waals surface area contributed by atoms with Gasteiger partial charge in [-0.05, 0) is 0 Å². The summed E-state index contributed by atoms with van der Waals surface area (Å²) in [6.45, 7) is 5.51. The fourth-order valence-electron chi connectivity index (χ4n) is 0.592. The Balaban J connectivity index is 4.43. The van der Waals surface area contributed by atoms with Crippen LogP contribution in [0.5, 0.6) is 0 Å². The Labute approximate surface area is 86.4 Å². The maximum Gasteiger partial charge on any atom is 0.333 e. The predicted molar refractivity (Wildman–Crippen MR) is 49.5 cm³/mol. The molecular formula is C9H12O6. The summed E-state index contributed by atoms with van der Waals surface area (Å²) in [5.41, 5.74) is 0. The molecule has 1 unspecified atom stereocenters. The van der Waals surface area contributed by atoms with Crippen LogP contribution < -0.4 is 0 Å². The predicted octanol–water partition coefficient (Wildman–Crippen LogP) is -0.876. The van der Waals surface area contributed by atoms with Crippen LogP contribution in [-0.4, -0.2) is 41.2 Å². The normalized spacial score (nSPS) is 11.7. The smallest absolute Gasteiger partial charge is 0.333 e. The highest BCUT2D eigenvalue weighted by Crippen LogP contribution is 2.03. The first kappa shape index (κ1) is 13.3. The van der Waals surface area contributed by atoms with Gasteiger partial charge in [0.1, 0.15) is 0 Å². The minimum atomic E-state index is -1.58. The second-order valence-electron chi connectivity index (χ2n) is 2.40. The molecular weight excluding hydrogens is 204 g/mol. The van der Waals surface area contributed by atoms with Gasteiger partial charge in [0, 0.05) is 12.2 Å². The van der Waals surface area contributed by atoms with Gasteiger partial charge >= 0.3 is 11.9 Å². The van der Waals surface area contributed by atoms with Gasteiger partial charge in [0.2, 0.25) is 0 Å². The van der Waals surface area contributed by atoms with Gasteiger partial charge < -0.3 is 19.7 Å². The Hall–Kier alpha value is -1.66. The van der Waals surface area contributed by atoms with Crippen molar-refractivity contribution in [3.05, 3.63) is 25.3 Å². The lowest BCUT2D eigenvalue weighted by atomic mass is 10.3. The highest BCUT2D eigenvalue weighted by molar-refractivity contribution is 5.83. The second-order valence-corrected chi connectivity index (χ2v) is 2.40. The number of aliphatic hydroxyl groups excluding tert-OH is 2. The first-order valence-electron chi connectivity index (χ1n) is 4.00. The van der Waals surface area contributed by atoms with Crippen LogP contribution in [0.25, 0.3) is 0 Å². The standard InChI is InChI=1S/C9H12O6/c1-3-7(12)14-9(6(11)5-10)15-8(13)4-2/h3-4,6,9-11H,1-2,5H2. The molecule has 0 saturated carbocycles. The quantitative estimate of drug-likeness (QED) is 0.340. The Kier molecular flexibility index (Phi) is 6.00. The average molecular weight is 216 g/mol. The lowest BCUT2D eigenvalue weighted by molar-refractivity contribution is -0.203. The molecule has 0 rings (SSSR count). The zero-order chi connectivity index (χ0) is 11.8. The number of hydrogen-bond acceptors (Lipinski definition) is 6. The summed E-state index contributed by atoms with van der Waals surface area (Å²) in [6, 6.07) is 0. The number of hydrogen-bond donors (Lipinski definition) is 2. The molecule has 0 heterocycles. The van der Waals surface area contributed by atoms with Crippen molar-refractivity contribution in [1.82, 2.24) is 0 Å². The molecule has 1 atom stereocenters. The van der Waals surface area contributed by atoms with Crippen LogP contribution in [-0.2, 0) is 19.1 Å². The third-order valence-electron chi connectivity index (χ3n) is 1.30. The third-order valence-corrected chi connectivity index (χ3v) is 1.30. The topological polar surface area (TPSA) is 93.1 Å². The SMILES string of the molecule is C=CC(=O)OC(OC(=O)C=C)C(O)CO. The Morgan fingerprint density at radius 1 is 1.20 bits per heavy atom. The van der Waals surface area contributed by atoms with Crippen molar-refractivity contribution in [2.75, 3.05) is 6.61 Å². The van der Waals surface area contributed by atoms with E-state index in [0.29, 0.717) is 0 Å². The first-order valence-corrected chi connectivity index (χ1v) is 4.00. The summed E-state index contributed by atoms with van der Waals surface area (Å²) in [6.07, 6.45) is -1.43. The summed E-state index contributed by atoms with van der Waals surface area (Å²) in [4.78, 5) is 21.5. The molecule has 0 spiro atoms. The van der Waals surface area contributed by atoms with Gasteiger partial charge in [-0.15, -0.1) is 0 Å². The van der Waals surface area contributed by atoms with Gasteiger partial charge in [0.05, 0.1) is 6.61 Å². The maximum absolute atomic E-state index is 10.8. The second kappa shape index (κ2) is 6.74. The molecule has 15 heavy (non-hydrogen) atoms. The Bertz CT molecular complexity index is 237. The molecule has 0 aromatic heterocycles. The van der Waals surface area contributed by atoms with Crippen LogP contribution in [0.2, 0.25) is 0 Å². The third kappa shape index (κ3) is 4.94. The fraction of sp³-hybridized carbons (Fsp3) is 0.333. The Morgan fingerprint density at radius 3 is 1.87 bits per heavy atom. The van der Waals surface area contributed by atoms with Gasteiger partial charge in [-0.3, -0.25) is 0 Å².